The number of rotatable bonds is 2. The molecule has 10 heteroatoms. The molecule has 0 atom stereocenters. The fourth-order valence-electron chi connectivity index (χ4n) is 3.52. The number of nitriles is 2. The minimum atomic E-state index is -0.535. The zero-order chi connectivity index (χ0) is 25.7. The van der Waals surface area contributed by atoms with Crippen LogP contribution in [0.25, 0.3) is 0 Å². The van der Waals surface area contributed by atoms with Crippen LogP contribution in [-0.2, 0) is 18.6 Å². The van der Waals surface area contributed by atoms with Crippen LogP contribution in [-0.4, -0.2) is 36.6 Å². The summed E-state index contributed by atoms with van der Waals surface area (Å²) in [5.41, 5.74) is -0.114. The van der Waals surface area contributed by atoms with Gasteiger partial charge in [-0.25, -0.2) is 0 Å². The first kappa shape index (κ1) is 26.1. The number of furan rings is 2. The van der Waals surface area contributed by atoms with Crippen molar-refractivity contribution in [3.63, 3.8) is 0 Å². The molecule has 2 fully saturated rings. The second kappa shape index (κ2) is 8.62. The normalized spacial score (nSPS) is 21.5. The van der Waals surface area contributed by atoms with Gasteiger partial charge in [0, 0.05) is 10.9 Å². The van der Waals surface area contributed by atoms with Crippen molar-refractivity contribution in [3.05, 3.63) is 35.2 Å². The van der Waals surface area contributed by atoms with Crippen LogP contribution < -0.4 is 10.9 Å². The highest BCUT2D eigenvalue weighted by Gasteiger charge is 2.53. The van der Waals surface area contributed by atoms with E-state index in [2.05, 4.69) is 0 Å². The van der Waals surface area contributed by atoms with E-state index in [4.69, 9.17) is 38.0 Å². The molecule has 4 heterocycles. The van der Waals surface area contributed by atoms with Crippen LogP contribution in [0.2, 0.25) is 0 Å². The summed E-state index contributed by atoms with van der Waals surface area (Å²) in [5.74, 6) is 1.90. The zero-order valence-corrected chi connectivity index (χ0v) is 21.7. The molecule has 0 bridgehead atoms. The van der Waals surface area contributed by atoms with Crippen LogP contribution in [0.4, 0.5) is 0 Å². The standard InChI is InChI=1S/2C12H16BNO3/c1-8-10(6-9(7-14)15-8)13-16-11(2,3)12(4,5)17-13;1-8-6-9(10(7-14)15-8)13-16-11(2,3)12(4,5)17-13/h2*6H,1-5H3. The highest BCUT2D eigenvalue weighted by atomic mass is 16.7. The smallest absolute Gasteiger partial charge is 0.451 e. The Morgan fingerprint density at radius 3 is 1.47 bits per heavy atom. The summed E-state index contributed by atoms with van der Waals surface area (Å²) < 4.78 is 34.1. The Kier molecular flexibility index (Phi) is 6.62. The second-order valence-corrected chi connectivity index (χ2v) is 10.7. The van der Waals surface area contributed by atoms with Crippen LogP contribution in [0.15, 0.2) is 21.0 Å². The molecular formula is C24H32B2N2O6. The van der Waals surface area contributed by atoms with Crippen LogP contribution in [0.5, 0.6) is 0 Å². The van der Waals surface area contributed by atoms with Gasteiger partial charge in [0.15, 0.2) is 0 Å². The monoisotopic (exact) mass is 466 g/mol. The largest absolute Gasteiger partial charge is 0.499 e. The summed E-state index contributed by atoms with van der Waals surface area (Å²) in [4.78, 5) is 0. The van der Waals surface area contributed by atoms with Crippen LogP contribution in [0.3, 0.4) is 0 Å². The van der Waals surface area contributed by atoms with Gasteiger partial charge in [-0.1, -0.05) is 0 Å². The Balaban J connectivity index is 0.000000191. The average Bonchev–Trinajstić information content (AvgIpc) is 3.38. The quantitative estimate of drug-likeness (QED) is 0.619. The summed E-state index contributed by atoms with van der Waals surface area (Å²) in [5, 5.41) is 17.8. The Morgan fingerprint density at radius 1 is 0.647 bits per heavy atom. The van der Waals surface area contributed by atoms with Gasteiger partial charge in [0.05, 0.1) is 22.4 Å². The van der Waals surface area contributed by atoms with Gasteiger partial charge in [0.1, 0.15) is 23.7 Å². The Bertz CT molecular complexity index is 1120. The third kappa shape index (κ3) is 4.69. The second-order valence-electron chi connectivity index (χ2n) is 10.7. The molecule has 0 unspecified atom stereocenters. The lowest BCUT2D eigenvalue weighted by Gasteiger charge is -2.32. The van der Waals surface area contributed by atoms with E-state index < -0.39 is 25.4 Å². The Morgan fingerprint density at radius 2 is 1.09 bits per heavy atom. The highest BCUT2D eigenvalue weighted by molar-refractivity contribution is 6.63. The van der Waals surface area contributed by atoms with Crippen molar-refractivity contribution in [2.24, 2.45) is 0 Å². The molecule has 0 radical (unpaired) electrons. The van der Waals surface area contributed by atoms with E-state index in [0.717, 1.165) is 5.46 Å². The maximum absolute atomic E-state index is 9.00. The van der Waals surface area contributed by atoms with Crippen LogP contribution in [0.1, 0.15) is 78.4 Å². The minimum absolute atomic E-state index is 0.265. The Hall–Kier alpha value is -2.49. The summed E-state index contributed by atoms with van der Waals surface area (Å²) in [7, 11) is -1.00. The molecule has 2 aliphatic rings. The van der Waals surface area contributed by atoms with Crippen molar-refractivity contribution >= 4 is 25.2 Å². The molecule has 0 N–H and O–H groups in total. The van der Waals surface area contributed by atoms with Crippen molar-refractivity contribution in [1.29, 1.82) is 10.5 Å². The average molecular weight is 466 g/mol. The molecule has 8 nitrogen and oxygen atoms in total. The summed E-state index contributed by atoms with van der Waals surface area (Å²) in [6, 6.07) is 7.47. The predicted molar refractivity (Wildman–Crippen MR) is 128 cm³/mol. The number of hydrogen-bond donors (Lipinski definition) is 0. The van der Waals surface area contributed by atoms with Gasteiger partial charge in [0.25, 0.3) is 0 Å². The molecule has 2 aromatic rings. The molecule has 0 amide bonds. The van der Waals surface area contributed by atoms with Crippen molar-refractivity contribution in [1.82, 2.24) is 0 Å². The van der Waals surface area contributed by atoms with Crippen molar-refractivity contribution in [3.8, 4) is 12.1 Å². The third-order valence-corrected chi connectivity index (χ3v) is 7.07. The van der Waals surface area contributed by atoms with E-state index in [0.29, 0.717) is 17.0 Å². The van der Waals surface area contributed by atoms with Gasteiger partial charge in [-0.15, -0.1) is 0 Å². The van der Waals surface area contributed by atoms with Gasteiger partial charge in [-0.3, -0.25) is 0 Å². The van der Waals surface area contributed by atoms with Gasteiger partial charge in [-0.2, -0.15) is 10.5 Å². The van der Waals surface area contributed by atoms with E-state index >= 15 is 0 Å². The maximum Gasteiger partial charge on any atom is 0.499 e. The number of nitrogens with zero attached hydrogens (tertiary/aromatic N) is 2. The number of hydrogen-bond acceptors (Lipinski definition) is 8. The minimum Gasteiger partial charge on any atom is -0.451 e. The maximum atomic E-state index is 9.00. The van der Waals surface area contributed by atoms with Gasteiger partial charge < -0.3 is 27.5 Å². The summed E-state index contributed by atoms with van der Waals surface area (Å²) >= 11 is 0. The topological polar surface area (TPSA) is 111 Å². The molecule has 180 valence electrons. The van der Waals surface area contributed by atoms with Gasteiger partial charge in [0.2, 0.25) is 11.5 Å². The first-order chi connectivity index (χ1) is 15.5. The molecule has 34 heavy (non-hydrogen) atoms. The molecule has 2 aliphatic heterocycles. The van der Waals surface area contributed by atoms with Crippen molar-refractivity contribution in [2.75, 3.05) is 0 Å². The van der Waals surface area contributed by atoms with Crippen molar-refractivity contribution in [2.45, 2.75) is 91.6 Å². The van der Waals surface area contributed by atoms with Crippen LogP contribution >= 0.6 is 0 Å². The van der Waals surface area contributed by atoms with Crippen molar-refractivity contribution < 1.29 is 27.5 Å². The predicted octanol–water partition coefficient (Wildman–Crippen LogP) is 3.52. The van der Waals surface area contributed by atoms with E-state index in [1.807, 2.05) is 67.5 Å². The SMILES string of the molecule is Cc1cc(B2OC(C)(C)C(C)(C)O2)c(C#N)o1.Cc1oc(C#N)cc1B1OC(C)(C)C(C)(C)O1. The fraction of sp³-hybridized carbons (Fsp3) is 0.583. The zero-order valence-electron chi connectivity index (χ0n) is 21.7. The van der Waals surface area contributed by atoms with Crippen LogP contribution in [0, 0.1) is 36.5 Å². The third-order valence-electron chi connectivity index (χ3n) is 7.07. The molecule has 0 saturated carbocycles. The number of aryl methyl sites for hydroxylation is 2. The first-order valence-electron chi connectivity index (χ1n) is 11.3. The Labute approximate surface area is 202 Å². The molecule has 2 aromatic heterocycles. The molecular weight excluding hydrogens is 434 g/mol. The van der Waals surface area contributed by atoms with Gasteiger partial charge in [-0.05, 0) is 81.4 Å². The van der Waals surface area contributed by atoms with E-state index in [-0.39, 0.29) is 22.7 Å². The highest BCUT2D eigenvalue weighted by Crippen LogP contribution is 2.37. The van der Waals surface area contributed by atoms with E-state index in [1.54, 1.807) is 26.0 Å². The molecule has 2 saturated heterocycles. The molecule has 0 aromatic carbocycles. The lowest BCUT2D eigenvalue weighted by molar-refractivity contribution is 0.00578. The summed E-state index contributed by atoms with van der Waals surface area (Å²) in [6.45, 7) is 19.5. The van der Waals surface area contributed by atoms with Gasteiger partial charge >= 0.3 is 14.2 Å². The van der Waals surface area contributed by atoms with E-state index in [9.17, 15) is 0 Å². The molecule has 0 aliphatic carbocycles. The fourth-order valence-corrected chi connectivity index (χ4v) is 3.52. The lowest BCUT2D eigenvalue weighted by atomic mass is 9.79. The molecule has 4 rings (SSSR count). The molecule has 0 spiro atoms. The first-order valence-corrected chi connectivity index (χ1v) is 11.3. The van der Waals surface area contributed by atoms with E-state index in [1.165, 1.54) is 0 Å². The summed E-state index contributed by atoms with van der Waals surface area (Å²) in [6.07, 6.45) is 0. The lowest BCUT2D eigenvalue weighted by Crippen LogP contribution is -2.41.